The Morgan fingerprint density at radius 1 is 0.786 bits per heavy atom. The molecule has 0 bridgehead atoms. The van der Waals surface area contributed by atoms with E-state index in [0.29, 0.717) is 36.7 Å². The van der Waals surface area contributed by atoms with E-state index < -0.39 is 36.1 Å². The molecule has 12 heteroatoms. The van der Waals surface area contributed by atoms with Crippen molar-refractivity contribution in [1.82, 2.24) is 0 Å². The number of carbonyl (C=O) groups is 4. The number of nitrogens with two attached hydrogens (primary N) is 1. The standard InChI is InChI=1S/C30H47NO11/c1-9-21(6)39-29(35)40-22(7)17-30(31,26(32)36-8)18-23-10-11-24(41-27(33)37-14-12-19(2)3)25(16-23)42-28(34)38-15-13-20(4)5/h10-11,16,19-22H,9,12-15,17-18,31H2,1-8H3/t21-,22-,30?/m0/s1. The fraction of sp³-hybridized carbons (Fsp3) is 0.667. The molecule has 2 N–H and O–H groups in total. The second kappa shape index (κ2) is 18.1. The van der Waals surface area contributed by atoms with E-state index in [-0.39, 0.29) is 43.7 Å². The minimum Gasteiger partial charge on any atom is -0.468 e. The number of hydrogen-bond donors (Lipinski definition) is 1. The molecule has 3 atom stereocenters. The van der Waals surface area contributed by atoms with Gasteiger partial charge in [-0.05, 0) is 62.6 Å². The molecular formula is C30H47NO11. The van der Waals surface area contributed by atoms with Gasteiger partial charge in [0.25, 0.3) is 0 Å². The van der Waals surface area contributed by atoms with Gasteiger partial charge in [-0.25, -0.2) is 14.4 Å². The van der Waals surface area contributed by atoms with Gasteiger partial charge in [0.2, 0.25) is 0 Å². The Morgan fingerprint density at radius 2 is 1.31 bits per heavy atom. The minimum absolute atomic E-state index is 0.0979. The molecule has 1 aromatic carbocycles. The zero-order chi connectivity index (χ0) is 31.9. The van der Waals surface area contributed by atoms with Crippen molar-refractivity contribution in [3.05, 3.63) is 23.8 Å². The molecule has 0 aromatic heterocycles. The Bertz CT molecular complexity index is 1030. The largest absolute Gasteiger partial charge is 0.513 e. The van der Waals surface area contributed by atoms with Crippen LogP contribution in [-0.2, 0) is 34.9 Å². The molecule has 0 heterocycles. The molecule has 12 nitrogen and oxygen atoms in total. The molecule has 0 radical (unpaired) electrons. The van der Waals surface area contributed by atoms with Crippen LogP contribution in [0, 0.1) is 11.8 Å². The first kappa shape index (κ1) is 36.5. The topological polar surface area (TPSA) is 159 Å². The van der Waals surface area contributed by atoms with Gasteiger partial charge in [0.15, 0.2) is 11.5 Å². The molecule has 238 valence electrons. The number of esters is 1. The number of hydrogen-bond acceptors (Lipinski definition) is 12. The number of benzene rings is 1. The van der Waals surface area contributed by atoms with Crippen molar-refractivity contribution in [2.75, 3.05) is 20.3 Å². The Labute approximate surface area is 248 Å². The third-order valence-electron chi connectivity index (χ3n) is 6.16. The van der Waals surface area contributed by atoms with E-state index in [0.717, 1.165) is 0 Å². The van der Waals surface area contributed by atoms with Crippen molar-refractivity contribution in [3.63, 3.8) is 0 Å². The second-order valence-electron chi connectivity index (χ2n) is 11.1. The van der Waals surface area contributed by atoms with Crippen LogP contribution in [0.4, 0.5) is 14.4 Å². The fourth-order valence-electron chi connectivity index (χ4n) is 3.61. The maximum absolute atomic E-state index is 12.8. The van der Waals surface area contributed by atoms with Crippen LogP contribution in [0.5, 0.6) is 11.5 Å². The highest BCUT2D eigenvalue weighted by Gasteiger charge is 2.38. The highest BCUT2D eigenvalue weighted by molar-refractivity contribution is 5.81. The third-order valence-corrected chi connectivity index (χ3v) is 6.16. The predicted octanol–water partition coefficient (Wildman–Crippen LogP) is 5.95. The van der Waals surface area contributed by atoms with Gasteiger partial charge in [-0.15, -0.1) is 0 Å². The van der Waals surface area contributed by atoms with Crippen LogP contribution in [0.15, 0.2) is 18.2 Å². The van der Waals surface area contributed by atoms with E-state index in [1.165, 1.54) is 19.2 Å². The summed E-state index contributed by atoms with van der Waals surface area (Å²) in [5.74, 6) is -0.366. The average Bonchev–Trinajstić information content (AvgIpc) is 2.88. The van der Waals surface area contributed by atoms with Crippen molar-refractivity contribution in [3.8, 4) is 11.5 Å². The monoisotopic (exact) mass is 597 g/mol. The zero-order valence-electron chi connectivity index (χ0n) is 26.1. The summed E-state index contributed by atoms with van der Waals surface area (Å²) in [5.41, 5.74) is 5.28. The smallest absolute Gasteiger partial charge is 0.468 e. The Kier molecular flexibility index (Phi) is 15.7. The van der Waals surface area contributed by atoms with E-state index in [9.17, 15) is 19.2 Å². The van der Waals surface area contributed by atoms with E-state index in [1.54, 1.807) is 19.9 Å². The summed E-state index contributed by atoms with van der Waals surface area (Å²) < 4.78 is 36.2. The summed E-state index contributed by atoms with van der Waals surface area (Å²) in [5, 5.41) is 0. The molecule has 1 aromatic rings. The molecular weight excluding hydrogens is 550 g/mol. The lowest BCUT2D eigenvalue weighted by Gasteiger charge is -2.29. The van der Waals surface area contributed by atoms with Crippen LogP contribution >= 0.6 is 0 Å². The SMILES string of the molecule is CC[C@H](C)OC(=O)O[C@@H](C)CC(N)(Cc1ccc(OC(=O)OCCC(C)C)c(OC(=O)OCCC(C)C)c1)C(=O)OC. The molecule has 0 aliphatic carbocycles. The molecule has 0 fully saturated rings. The van der Waals surface area contributed by atoms with E-state index in [4.69, 9.17) is 38.9 Å². The van der Waals surface area contributed by atoms with Crippen LogP contribution in [0.2, 0.25) is 0 Å². The zero-order valence-corrected chi connectivity index (χ0v) is 26.1. The van der Waals surface area contributed by atoms with E-state index >= 15 is 0 Å². The maximum Gasteiger partial charge on any atom is 0.513 e. The van der Waals surface area contributed by atoms with Gasteiger partial charge in [0, 0.05) is 12.8 Å². The third kappa shape index (κ3) is 13.9. The summed E-state index contributed by atoms with van der Waals surface area (Å²) in [7, 11) is 1.19. The van der Waals surface area contributed by atoms with Gasteiger partial charge in [-0.2, -0.15) is 0 Å². The lowest BCUT2D eigenvalue weighted by atomic mass is 9.86. The first-order valence-corrected chi connectivity index (χ1v) is 14.3. The van der Waals surface area contributed by atoms with Crippen molar-refractivity contribution in [2.45, 2.75) is 98.3 Å². The molecule has 42 heavy (non-hydrogen) atoms. The van der Waals surface area contributed by atoms with Crippen LogP contribution in [-0.4, -0.2) is 62.5 Å². The summed E-state index contributed by atoms with van der Waals surface area (Å²) in [6.45, 7) is 13.4. The van der Waals surface area contributed by atoms with Crippen LogP contribution in [0.3, 0.4) is 0 Å². The lowest BCUT2D eigenvalue weighted by Crippen LogP contribution is -2.53. The van der Waals surface area contributed by atoms with Crippen LogP contribution in [0.1, 0.15) is 79.7 Å². The molecule has 0 aliphatic rings. The molecule has 0 amide bonds. The number of methoxy groups -OCH3 is 1. The van der Waals surface area contributed by atoms with Gasteiger partial charge in [0.05, 0.1) is 20.3 Å². The van der Waals surface area contributed by atoms with Gasteiger partial charge < -0.3 is 38.9 Å². The Balaban J connectivity index is 3.18. The second-order valence-corrected chi connectivity index (χ2v) is 11.1. The van der Waals surface area contributed by atoms with Crippen LogP contribution < -0.4 is 15.2 Å². The fourth-order valence-corrected chi connectivity index (χ4v) is 3.61. The number of rotatable bonds is 16. The van der Waals surface area contributed by atoms with Crippen molar-refractivity contribution in [2.24, 2.45) is 17.6 Å². The molecule has 0 aliphatic heterocycles. The molecule has 0 spiro atoms. The highest BCUT2D eigenvalue weighted by Crippen LogP contribution is 2.32. The van der Waals surface area contributed by atoms with Gasteiger partial charge in [-0.1, -0.05) is 40.7 Å². The maximum atomic E-state index is 12.8. The van der Waals surface area contributed by atoms with E-state index in [2.05, 4.69) is 0 Å². The minimum atomic E-state index is -1.64. The molecule has 0 saturated heterocycles. The quantitative estimate of drug-likeness (QED) is 0.136. The average molecular weight is 598 g/mol. The van der Waals surface area contributed by atoms with Gasteiger partial charge in [-0.3, -0.25) is 4.79 Å². The molecule has 1 unspecified atom stereocenters. The number of carbonyl (C=O) groups excluding carboxylic acids is 4. The number of ether oxygens (including phenoxy) is 7. The predicted molar refractivity (Wildman–Crippen MR) is 153 cm³/mol. The molecule has 1 rings (SSSR count). The van der Waals surface area contributed by atoms with E-state index in [1.807, 2.05) is 34.6 Å². The Hall–Kier alpha value is -3.54. The normalized spacial score (nSPS) is 13.9. The van der Waals surface area contributed by atoms with Crippen molar-refractivity contribution >= 4 is 24.4 Å². The van der Waals surface area contributed by atoms with Crippen molar-refractivity contribution in [1.29, 1.82) is 0 Å². The molecule has 0 saturated carbocycles. The summed E-state index contributed by atoms with van der Waals surface area (Å²) in [6.07, 6.45) is -2.33. The van der Waals surface area contributed by atoms with Crippen LogP contribution in [0.25, 0.3) is 0 Å². The highest BCUT2D eigenvalue weighted by atomic mass is 16.7. The summed E-state index contributed by atoms with van der Waals surface area (Å²) in [4.78, 5) is 49.5. The lowest BCUT2D eigenvalue weighted by molar-refractivity contribution is -0.148. The van der Waals surface area contributed by atoms with Crippen molar-refractivity contribution < 1.29 is 52.3 Å². The first-order chi connectivity index (χ1) is 19.7. The Morgan fingerprint density at radius 3 is 1.81 bits per heavy atom. The summed E-state index contributed by atoms with van der Waals surface area (Å²) in [6, 6.07) is 4.32. The van der Waals surface area contributed by atoms with Gasteiger partial charge >= 0.3 is 24.4 Å². The summed E-state index contributed by atoms with van der Waals surface area (Å²) >= 11 is 0. The first-order valence-electron chi connectivity index (χ1n) is 14.3. The van der Waals surface area contributed by atoms with Gasteiger partial charge in [0.1, 0.15) is 17.7 Å².